The number of halogens is 1. The van der Waals surface area contributed by atoms with Crippen molar-refractivity contribution in [3.63, 3.8) is 0 Å². The molecule has 7 heteroatoms. The van der Waals surface area contributed by atoms with Gasteiger partial charge in [0.05, 0.1) is 4.92 Å². The zero-order chi connectivity index (χ0) is 15.4. The number of ether oxygens (including phenoxy) is 1. The first kappa shape index (κ1) is 14.4. The van der Waals surface area contributed by atoms with Crippen LogP contribution in [0.3, 0.4) is 0 Å². The van der Waals surface area contributed by atoms with E-state index < -0.39 is 28.1 Å². The highest BCUT2D eigenvalue weighted by molar-refractivity contribution is 5.92. The van der Waals surface area contributed by atoms with Gasteiger partial charge in [0.25, 0.3) is 0 Å². The minimum absolute atomic E-state index is 0.173. The third-order valence-corrected chi connectivity index (χ3v) is 2.75. The van der Waals surface area contributed by atoms with Gasteiger partial charge in [-0.1, -0.05) is 24.3 Å². The molecular formula is C14H10FNO5. The third kappa shape index (κ3) is 3.14. The SMILES string of the molecule is O=C(O)c1cccc([N+](=O)[O-])c1OCc1ccccc1F. The predicted molar refractivity (Wildman–Crippen MR) is 70.8 cm³/mol. The van der Waals surface area contributed by atoms with Gasteiger partial charge in [0, 0.05) is 11.6 Å². The van der Waals surface area contributed by atoms with Crippen LogP contribution in [0.15, 0.2) is 42.5 Å². The van der Waals surface area contributed by atoms with Crippen LogP contribution < -0.4 is 4.74 Å². The minimum Gasteiger partial charge on any atom is -0.481 e. The topological polar surface area (TPSA) is 89.7 Å². The van der Waals surface area contributed by atoms with E-state index in [1.807, 2.05) is 0 Å². The van der Waals surface area contributed by atoms with E-state index in [0.29, 0.717) is 0 Å². The average Bonchev–Trinajstić information content (AvgIpc) is 2.45. The lowest BCUT2D eigenvalue weighted by molar-refractivity contribution is -0.386. The normalized spacial score (nSPS) is 10.1. The van der Waals surface area contributed by atoms with Crippen LogP contribution in [0.2, 0.25) is 0 Å². The number of benzene rings is 2. The molecule has 0 unspecified atom stereocenters. The lowest BCUT2D eigenvalue weighted by Crippen LogP contribution is -2.07. The number of aromatic carboxylic acids is 1. The molecule has 2 rings (SSSR count). The van der Waals surface area contributed by atoms with E-state index in [-0.39, 0.29) is 17.7 Å². The molecule has 0 aliphatic heterocycles. The first-order valence-corrected chi connectivity index (χ1v) is 5.87. The van der Waals surface area contributed by atoms with Gasteiger partial charge in [-0.25, -0.2) is 9.18 Å². The molecule has 108 valence electrons. The number of carboxylic acid groups (broad SMARTS) is 1. The Balaban J connectivity index is 2.36. The van der Waals surface area contributed by atoms with E-state index in [4.69, 9.17) is 9.84 Å². The van der Waals surface area contributed by atoms with Crippen LogP contribution in [-0.2, 0) is 6.61 Å². The second kappa shape index (κ2) is 6.00. The van der Waals surface area contributed by atoms with Gasteiger partial charge in [-0.2, -0.15) is 0 Å². The first-order chi connectivity index (χ1) is 10.0. The van der Waals surface area contributed by atoms with Crippen molar-refractivity contribution in [1.29, 1.82) is 0 Å². The minimum atomic E-state index is -1.36. The molecule has 0 fully saturated rings. The second-order valence-corrected chi connectivity index (χ2v) is 4.10. The van der Waals surface area contributed by atoms with Crippen molar-refractivity contribution >= 4 is 11.7 Å². The molecule has 0 aromatic heterocycles. The lowest BCUT2D eigenvalue weighted by atomic mass is 10.1. The Kier molecular flexibility index (Phi) is 4.13. The molecule has 0 heterocycles. The Morgan fingerprint density at radius 1 is 1.24 bits per heavy atom. The number of hydrogen-bond donors (Lipinski definition) is 1. The summed E-state index contributed by atoms with van der Waals surface area (Å²) in [4.78, 5) is 21.3. The Hall–Kier alpha value is -2.96. The third-order valence-electron chi connectivity index (χ3n) is 2.75. The maximum Gasteiger partial charge on any atom is 0.339 e. The van der Waals surface area contributed by atoms with Crippen molar-refractivity contribution in [2.75, 3.05) is 0 Å². The number of nitro benzene ring substituents is 1. The van der Waals surface area contributed by atoms with Crippen LogP contribution in [0.4, 0.5) is 10.1 Å². The zero-order valence-electron chi connectivity index (χ0n) is 10.7. The van der Waals surface area contributed by atoms with Gasteiger partial charge < -0.3 is 9.84 Å². The molecule has 0 radical (unpaired) electrons. The van der Waals surface area contributed by atoms with E-state index in [9.17, 15) is 19.3 Å². The van der Waals surface area contributed by atoms with Crippen LogP contribution >= 0.6 is 0 Å². The summed E-state index contributed by atoms with van der Waals surface area (Å²) < 4.78 is 18.7. The molecule has 2 aromatic carbocycles. The van der Waals surface area contributed by atoms with Crippen LogP contribution in [0.5, 0.6) is 5.75 Å². The fourth-order valence-electron chi connectivity index (χ4n) is 1.75. The Bertz CT molecular complexity index is 669. The fourth-order valence-corrected chi connectivity index (χ4v) is 1.75. The molecule has 0 saturated heterocycles. The summed E-state index contributed by atoms with van der Waals surface area (Å²) in [7, 11) is 0. The largest absolute Gasteiger partial charge is 0.481 e. The van der Waals surface area contributed by atoms with Crippen molar-refractivity contribution in [2.24, 2.45) is 0 Å². The van der Waals surface area contributed by atoms with Gasteiger partial charge in [-0.05, 0) is 12.1 Å². The van der Waals surface area contributed by atoms with Crippen LogP contribution in [0.1, 0.15) is 15.9 Å². The number of para-hydroxylation sites is 1. The van der Waals surface area contributed by atoms with Crippen LogP contribution in [0, 0.1) is 15.9 Å². The Labute approximate surface area is 118 Å². The molecule has 0 amide bonds. The molecule has 0 atom stereocenters. The van der Waals surface area contributed by atoms with Gasteiger partial charge in [-0.15, -0.1) is 0 Å². The van der Waals surface area contributed by atoms with Gasteiger partial charge >= 0.3 is 11.7 Å². The fraction of sp³-hybridized carbons (Fsp3) is 0.0714. The molecule has 0 bridgehead atoms. The summed E-state index contributed by atoms with van der Waals surface area (Å²) >= 11 is 0. The summed E-state index contributed by atoms with van der Waals surface area (Å²) in [6, 6.07) is 9.30. The number of nitro groups is 1. The summed E-state index contributed by atoms with van der Waals surface area (Å²) in [6.45, 7) is -0.308. The summed E-state index contributed by atoms with van der Waals surface area (Å²) in [5.74, 6) is -2.28. The first-order valence-electron chi connectivity index (χ1n) is 5.87. The van der Waals surface area contributed by atoms with E-state index in [1.54, 1.807) is 6.07 Å². The molecule has 1 N–H and O–H groups in total. The van der Waals surface area contributed by atoms with E-state index in [0.717, 1.165) is 6.07 Å². The molecule has 0 spiro atoms. The monoisotopic (exact) mass is 291 g/mol. The van der Waals surface area contributed by atoms with Gasteiger partial charge in [0.15, 0.2) is 0 Å². The molecule has 0 aliphatic carbocycles. The number of rotatable bonds is 5. The van der Waals surface area contributed by atoms with Gasteiger partial charge in [0.1, 0.15) is 18.0 Å². The second-order valence-electron chi connectivity index (χ2n) is 4.10. The number of nitrogens with zero attached hydrogens (tertiary/aromatic N) is 1. The van der Waals surface area contributed by atoms with Crippen molar-refractivity contribution in [2.45, 2.75) is 6.61 Å². The van der Waals surface area contributed by atoms with Gasteiger partial charge in [0.2, 0.25) is 5.75 Å². The smallest absolute Gasteiger partial charge is 0.339 e. The van der Waals surface area contributed by atoms with Crippen molar-refractivity contribution < 1.29 is 24.0 Å². The number of carbonyl (C=O) groups is 1. The summed E-state index contributed by atoms with van der Waals surface area (Å²) in [5.41, 5.74) is -0.654. The molecular weight excluding hydrogens is 281 g/mol. The zero-order valence-corrected chi connectivity index (χ0v) is 10.7. The summed E-state index contributed by atoms with van der Waals surface area (Å²) in [5, 5.41) is 20.0. The van der Waals surface area contributed by atoms with E-state index in [1.165, 1.54) is 30.3 Å². The standard InChI is InChI=1S/C14H10FNO5/c15-11-6-2-1-4-9(11)8-21-13-10(14(17)18)5-3-7-12(13)16(19)20/h1-7H,8H2,(H,17,18). The molecule has 6 nitrogen and oxygen atoms in total. The van der Waals surface area contributed by atoms with Crippen LogP contribution in [0.25, 0.3) is 0 Å². The molecule has 2 aromatic rings. The van der Waals surface area contributed by atoms with Crippen molar-refractivity contribution in [1.82, 2.24) is 0 Å². The predicted octanol–water partition coefficient (Wildman–Crippen LogP) is 3.01. The number of hydrogen-bond acceptors (Lipinski definition) is 4. The maximum atomic E-state index is 13.5. The van der Waals surface area contributed by atoms with Crippen molar-refractivity contribution in [3.8, 4) is 5.75 Å². The average molecular weight is 291 g/mol. The van der Waals surface area contributed by atoms with Crippen LogP contribution in [-0.4, -0.2) is 16.0 Å². The quantitative estimate of drug-likeness (QED) is 0.675. The lowest BCUT2D eigenvalue weighted by Gasteiger charge is -2.10. The van der Waals surface area contributed by atoms with E-state index >= 15 is 0 Å². The van der Waals surface area contributed by atoms with Crippen molar-refractivity contribution in [3.05, 3.63) is 69.5 Å². The summed E-state index contributed by atoms with van der Waals surface area (Å²) in [6.07, 6.45) is 0. The maximum absolute atomic E-state index is 13.5. The molecule has 0 saturated carbocycles. The molecule has 0 aliphatic rings. The van der Waals surface area contributed by atoms with Gasteiger partial charge in [-0.3, -0.25) is 10.1 Å². The highest BCUT2D eigenvalue weighted by atomic mass is 19.1. The Morgan fingerprint density at radius 3 is 2.57 bits per heavy atom. The Morgan fingerprint density at radius 2 is 1.95 bits per heavy atom. The highest BCUT2D eigenvalue weighted by Gasteiger charge is 2.23. The molecule has 21 heavy (non-hydrogen) atoms. The van der Waals surface area contributed by atoms with E-state index in [2.05, 4.69) is 0 Å². The highest BCUT2D eigenvalue weighted by Crippen LogP contribution is 2.31. The number of carboxylic acids is 1.